The van der Waals surface area contributed by atoms with Crippen LogP contribution in [0.3, 0.4) is 0 Å². The highest BCUT2D eigenvalue weighted by Gasteiger charge is 2.34. The van der Waals surface area contributed by atoms with Gasteiger partial charge >= 0.3 is 0 Å². The maximum atomic E-state index is 13.1. The van der Waals surface area contributed by atoms with Crippen molar-refractivity contribution in [1.82, 2.24) is 0 Å². The molecule has 1 aromatic carbocycles. The van der Waals surface area contributed by atoms with Crippen molar-refractivity contribution >= 4 is 44.8 Å². The van der Waals surface area contributed by atoms with Gasteiger partial charge in [-0.05, 0) is 37.0 Å². The number of carbonyl (C=O) groups is 2. The number of sulfone groups is 1. The molecule has 1 aromatic rings. The minimum absolute atomic E-state index is 0.0122. The Labute approximate surface area is 162 Å². The average Bonchev–Trinajstić information content (AvgIpc) is 3.09. The largest absolute Gasteiger partial charge is 0.384 e. The first kappa shape index (κ1) is 19.6. The van der Waals surface area contributed by atoms with Crippen LogP contribution in [0.5, 0.6) is 0 Å². The number of hydrogen-bond donors (Lipinski definition) is 0. The summed E-state index contributed by atoms with van der Waals surface area (Å²) in [6.45, 7) is 0.0122. The number of hydrogen-bond acceptors (Lipinski definition) is 6. The van der Waals surface area contributed by atoms with Crippen molar-refractivity contribution in [2.45, 2.75) is 30.6 Å². The predicted molar refractivity (Wildman–Crippen MR) is 102 cm³/mol. The van der Waals surface area contributed by atoms with E-state index in [0.717, 1.165) is 22.6 Å². The number of rotatable bonds is 6. The Morgan fingerprint density at radius 2 is 2.04 bits per heavy atom. The molecular weight excluding hydrogens is 396 g/mol. The van der Waals surface area contributed by atoms with E-state index in [1.54, 1.807) is 17.8 Å². The molecule has 140 valence electrons. The number of ketones is 2. The second-order valence-electron chi connectivity index (χ2n) is 6.22. The molecule has 2 aliphatic rings. The number of allylic oxidation sites excluding steroid dienone is 2. The van der Waals surface area contributed by atoms with Crippen LogP contribution in [0.15, 0.2) is 27.5 Å². The summed E-state index contributed by atoms with van der Waals surface area (Å²) in [7, 11) is -2.33. The Hall–Kier alpha value is -1.15. The van der Waals surface area contributed by atoms with Gasteiger partial charge in [0.15, 0.2) is 21.4 Å². The fraction of sp³-hybridized carbons (Fsp3) is 0.444. The zero-order valence-corrected chi connectivity index (χ0v) is 16.7. The molecule has 26 heavy (non-hydrogen) atoms. The van der Waals surface area contributed by atoms with Gasteiger partial charge in [-0.25, -0.2) is 8.42 Å². The number of halogens is 1. The van der Waals surface area contributed by atoms with Gasteiger partial charge in [-0.2, -0.15) is 0 Å². The summed E-state index contributed by atoms with van der Waals surface area (Å²) in [5.41, 5.74) is 0.882. The minimum atomic E-state index is -3.74. The quantitative estimate of drug-likeness (QED) is 0.525. The van der Waals surface area contributed by atoms with E-state index in [1.807, 2.05) is 6.07 Å². The van der Waals surface area contributed by atoms with E-state index < -0.39 is 21.4 Å². The molecule has 5 nitrogen and oxygen atoms in total. The molecule has 8 heteroatoms. The fourth-order valence-electron chi connectivity index (χ4n) is 3.24. The van der Waals surface area contributed by atoms with Crippen LogP contribution in [0, 0.1) is 0 Å². The molecule has 1 heterocycles. The topological polar surface area (TPSA) is 77.5 Å². The molecule has 0 saturated carbocycles. The van der Waals surface area contributed by atoms with Crippen molar-refractivity contribution in [2.75, 3.05) is 25.2 Å². The van der Waals surface area contributed by atoms with Crippen molar-refractivity contribution in [2.24, 2.45) is 0 Å². The third-order valence-corrected chi connectivity index (χ3v) is 7.98. The van der Waals surface area contributed by atoms with Crippen molar-refractivity contribution in [3.63, 3.8) is 0 Å². The number of ether oxygens (including phenoxy) is 1. The summed E-state index contributed by atoms with van der Waals surface area (Å²) in [6, 6.07) is 3.41. The lowest BCUT2D eigenvalue weighted by Crippen LogP contribution is -2.25. The van der Waals surface area contributed by atoms with Crippen LogP contribution in [0.2, 0.25) is 5.02 Å². The maximum Gasteiger partial charge on any atom is 0.199 e. The lowest BCUT2D eigenvalue weighted by molar-refractivity contribution is -0.115. The molecule has 3 rings (SSSR count). The Bertz CT molecular complexity index is 902. The van der Waals surface area contributed by atoms with E-state index in [2.05, 4.69) is 0 Å². The number of methoxy groups -OCH3 is 1. The normalized spacial score (nSPS) is 17.5. The molecule has 0 atom stereocenters. The monoisotopic (exact) mass is 414 g/mol. The first-order chi connectivity index (χ1) is 12.4. The summed E-state index contributed by atoms with van der Waals surface area (Å²) >= 11 is 8.09. The highest BCUT2D eigenvalue weighted by Crippen LogP contribution is 2.39. The smallest absolute Gasteiger partial charge is 0.199 e. The summed E-state index contributed by atoms with van der Waals surface area (Å²) in [5.74, 6) is -0.374. The van der Waals surface area contributed by atoms with Gasteiger partial charge in [-0.1, -0.05) is 11.6 Å². The molecule has 0 bridgehead atoms. The van der Waals surface area contributed by atoms with Crippen molar-refractivity contribution in [3.05, 3.63) is 38.8 Å². The minimum Gasteiger partial charge on any atom is -0.384 e. The molecule has 1 aliphatic heterocycles. The molecule has 0 aromatic heterocycles. The molecule has 1 aliphatic carbocycles. The predicted octanol–water partition coefficient (Wildman–Crippen LogP) is 3.24. The molecule has 0 amide bonds. The summed E-state index contributed by atoms with van der Waals surface area (Å²) < 4.78 is 30.1. The second-order valence-corrected chi connectivity index (χ2v) is 9.86. The van der Waals surface area contributed by atoms with Crippen LogP contribution < -0.4 is 0 Å². The van der Waals surface area contributed by atoms with Gasteiger partial charge in [0.2, 0.25) is 0 Å². The van der Waals surface area contributed by atoms with Crippen LogP contribution in [-0.2, 0) is 25.8 Å². The Balaban J connectivity index is 2.09. The number of fused-ring (bicyclic) bond motifs is 1. The third-order valence-electron chi connectivity index (χ3n) is 4.58. The van der Waals surface area contributed by atoms with Gasteiger partial charge in [0.25, 0.3) is 0 Å². The third kappa shape index (κ3) is 3.63. The van der Waals surface area contributed by atoms with E-state index >= 15 is 0 Å². The Kier molecular flexibility index (Phi) is 5.91. The zero-order chi connectivity index (χ0) is 18.9. The highest BCUT2D eigenvalue weighted by atomic mass is 35.5. The number of thioether (sulfide) groups is 1. The van der Waals surface area contributed by atoms with Gasteiger partial charge in [-0.3, -0.25) is 9.59 Å². The van der Waals surface area contributed by atoms with Crippen molar-refractivity contribution < 1.29 is 22.7 Å². The molecule has 0 unspecified atom stereocenters. The second kappa shape index (κ2) is 7.84. The van der Waals surface area contributed by atoms with Crippen molar-refractivity contribution in [3.8, 4) is 0 Å². The van der Waals surface area contributed by atoms with Crippen LogP contribution >= 0.6 is 23.4 Å². The SMILES string of the molecule is COCCS(=O)(=O)C1=C(C(=O)c2ccc3c(c2Cl)CCS3)C(=O)CCC1. The van der Waals surface area contributed by atoms with E-state index in [-0.39, 0.29) is 41.2 Å². The van der Waals surface area contributed by atoms with Crippen molar-refractivity contribution in [1.29, 1.82) is 0 Å². The summed E-state index contributed by atoms with van der Waals surface area (Å²) in [4.78, 5) is 26.5. The molecule has 0 saturated heterocycles. The number of benzene rings is 1. The van der Waals surface area contributed by atoms with Crippen LogP contribution in [-0.4, -0.2) is 45.2 Å². The first-order valence-corrected chi connectivity index (χ1v) is 11.4. The standard InChI is InChI=1S/C18H19ClO5S2/c1-24-8-10-26(22,23)15-4-2-3-13(20)16(15)18(21)12-5-6-14-11(17(12)19)7-9-25-14/h5-6H,2-4,7-10H2,1H3. The molecule has 0 N–H and O–H groups in total. The van der Waals surface area contributed by atoms with E-state index in [0.29, 0.717) is 11.4 Å². The zero-order valence-electron chi connectivity index (χ0n) is 14.3. The van der Waals surface area contributed by atoms with E-state index in [4.69, 9.17) is 16.3 Å². The van der Waals surface area contributed by atoms with E-state index in [9.17, 15) is 18.0 Å². The first-order valence-electron chi connectivity index (χ1n) is 8.33. The molecule has 0 radical (unpaired) electrons. The molecular formula is C18H19ClO5S2. The lowest BCUT2D eigenvalue weighted by Gasteiger charge is -2.19. The van der Waals surface area contributed by atoms with Crippen LogP contribution in [0.4, 0.5) is 0 Å². The Morgan fingerprint density at radius 1 is 1.27 bits per heavy atom. The number of Topliss-reactive ketones (excluding diaryl/α,β-unsaturated/α-hetero) is 2. The summed E-state index contributed by atoms with van der Waals surface area (Å²) in [6.07, 6.45) is 1.54. The van der Waals surface area contributed by atoms with Gasteiger partial charge in [0.05, 0.1) is 27.9 Å². The van der Waals surface area contributed by atoms with Gasteiger partial charge in [-0.15, -0.1) is 11.8 Å². The molecule has 0 spiro atoms. The molecule has 0 fully saturated rings. The lowest BCUT2D eigenvalue weighted by atomic mass is 9.91. The maximum absolute atomic E-state index is 13.1. The Morgan fingerprint density at radius 3 is 2.77 bits per heavy atom. The summed E-state index contributed by atoms with van der Waals surface area (Å²) in [5, 5.41) is 0.331. The van der Waals surface area contributed by atoms with Gasteiger partial charge < -0.3 is 4.74 Å². The van der Waals surface area contributed by atoms with E-state index in [1.165, 1.54) is 7.11 Å². The van der Waals surface area contributed by atoms with Gasteiger partial charge in [0, 0.05) is 29.7 Å². The highest BCUT2D eigenvalue weighted by molar-refractivity contribution is 7.99. The van der Waals surface area contributed by atoms with Crippen LogP contribution in [0.1, 0.15) is 35.2 Å². The van der Waals surface area contributed by atoms with Crippen LogP contribution in [0.25, 0.3) is 0 Å². The number of carbonyl (C=O) groups excluding carboxylic acids is 2. The average molecular weight is 415 g/mol. The fourth-order valence-corrected chi connectivity index (χ4v) is 6.32. The van der Waals surface area contributed by atoms with Gasteiger partial charge in [0.1, 0.15) is 0 Å².